The summed E-state index contributed by atoms with van der Waals surface area (Å²) in [6.45, 7) is 2.16. The number of nitrogens with zero attached hydrogens (tertiary/aromatic N) is 5. The highest BCUT2D eigenvalue weighted by Crippen LogP contribution is 2.45. The summed E-state index contributed by atoms with van der Waals surface area (Å²) in [4.78, 5) is 36.9. The number of rotatable bonds is 7. The fourth-order valence-electron chi connectivity index (χ4n) is 6.26. The number of thiophene rings is 1. The molecule has 8 rings (SSSR count). The zero-order chi connectivity index (χ0) is 31.9. The standard InChI is InChI=1S/C37H29N5O4S/c43-33(40-16-18-46-19-17-40)22-42-31-21-32(37(44)45)47-36(31)34(25-4-2-1-3-5-25)35(42)27-9-13-30-26(20-27)8-12-29(39-30)24-6-10-28(11-7-24)41-15-14-38-23-41/h1-15,20-21,23H,16-19,22H2,(H,44,45). The lowest BCUT2D eigenvalue weighted by molar-refractivity contribution is -0.135. The molecule has 1 N–H and O–H groups in total. The van der Waals surface area contributed by atoms with Crippen molar-refractivity contribution >= 4 is 44.3 Å². The van der Waals surface area contributed by atoms with Gasteiger partial charge in [0.1, 0.15) is 11.4 Å². The minimum Gasteiger partial charge on any atom is -0.477 e. The molecule has 0 aliphatic carbocycles. The quantitative estimate of drug-likeness (QED) is 0.202. The molecule has 1 fully saturated rings. The molecule has 1 saturated heterocycles. The van der Waals surface area contributed by atoms with E-state index in [4.69, 9.17) is 9.72 Å². The smallest absolute Gasteiger partial charge is 0.345 e. The van der Waals surface area contributed by atoms with Crippen LogP contribution in [0, 0.1) is 0 Å². The Morgan fingerprint density at radius 2 is 1.66 bits per heavy atom. The van der Waals surface area contributed by atoms with Crippen molar-refractivity contribution in [3.63, 3.8) is 0 Å². The molecule has 47 heavy (non-hydrogen) atoms. The van der Waals surface area contributed by atoms with Crippen LogP contribution >= 0.6 is 11.3 Å². The van der Waals surface area contributed by atoms with Gasteiger partial charge in [0.05, 0.1) is 46.7 Å². The summed E-state index contributed by atoms with van der Waals surface area (Å²) in [6.07, 6.45) is 5.44. The number of hydrogen-bond acceptors (Lipinski definition) is 6. The summed E-state index contributed by atoms with van der Waals surface area (Å²) >= 11 is 1.24. The molecule has 0 radical (unpaired) electrons. The maximum absolute atomic E-state index is 13.7. The number of carbonyl (C=O) groups excluding carboxylic acids is 1. The first kappa shape index (κ1) is 28.9. The second-order valence-corrected chi connectivity index (χ2v) is 12.5. The van der Waals surface area contributed by atoms with Gasteiger partial charge >= 0.3 is 5.97 Å². The van der Waals surface area contributed by atoms with Gasteiger partial charge in [0.2, 0.25) is 5.91 Å². The van der Waals surface area contributed by atoms with Gasteiger partial charge in [-0.15, -0.1) is 11.3 Å². The van der Waals surface area contributed by atoms with Crippen molar-refractivity contribution in [1.29, 1.82) is 0 Å². The number of amides is 1. The van der Waals surface area contributed by atoms with Crippen LogP contribution in [0.1, 0.15) is 9.67 Å². The molecule has 10 heteroatoms. The van der Waals surface area contributed by atoms with Gasteiger partial charge in [-0.25, -0.2) is 14.8 Å². The van der Waals surface area contributed by atoms with Crippen LogP contribution in [-0.2, 0) is 16.1 Å². The molecular formula is C37H29N5O4S. The maximum atomic E-state index is 13.7. The molecule has 0 unspecified atom stereocenters. The lowest BCUT2D eigenvalue weighted by atomic mass is 9.99. The van der Waals surface area contributed by atoms with Crippen LogP contribution < -0.4 is 0 Å². The molecule has 0 saturated carbocycles. The van der Waals surface area contributed by atoms with Crippen molar-refractivity contribution in [3.8, 4) is 39.3 Å². The molecule has 9 nitrogen and oxygen atoms in total. The third-order valence-corrected chi connectivity index (χ3v) is 9.73. The summed E-state index contributed by atoms with van der Waals surface area (Å²) in [5, 5.41) is 10.9. The summed E-state index contributed by atoms with van der Waals surface area (Å²) in [6, 6.07) is 30.1. The van der Waals surface area contributed by atoms with Crippen molar-refractivity contribution in [3.05, 3.63) is 115 Å². The van der Waals surface area contributed by atoms with E-state index in [-0.39, 0.29) is 17.3 Å². The SMILES string of the molecule is O=C(O)c1cc2c(s1)c(-c1ccccc1)c(-c1ccc3nc(-c4ccc(-n5ccnc5)cc4)ccc3c1)n2CC(=O)N1CCOCC1. The lowest BCUT2D eigenvalue weighted by Crippen LogP contribution is -2.42. The van der Waals surface area contributed by atoms with Gasteiger partial charge in [-0.05, 0) is 47.5 Å². The predicted molar refractivity (Wildman–Crippen MR) is 183 cm³/mol. The fraction of sp³-hybridized carbons (Fsp3) is 0.135. The second kappa shape index (κ2) is 12.0. The largest absolute Gasteiger partial charge is 0.477 e. The zero-order valence-electron chi connectivity index (χ0n) is 25.2. The number of hydrogen-bond donors (Lipinski definition) is 1. The number of carboxylic acid groups (broad SMARTS) is 1. The highest BCUT2D eigenvalue weighted by molar-refractivity contribution is 7.21. The summed E-state index contributed by atoms with van der Waals surface area (Å²) in [7, 11) is 0. The van der Waals surface area contributed by atoms with Crippen LogP contribution in [0.5, 0.6) is 0 Å². The Morgan fingerprint density at radius 1 is 0.872 bits per heavy atom. The normalized spacial score (nSPS) is 13.4. The van der Waals surface area contributed by atoms with E-state index >= 15 is 0 Å². The Morgan fingerprint density at radius 3 is 2.40 bits per heavy atom. The first-order valence-electron chi connectivity index (χ1n) is 15.3. The van der Waals surface area contributed by atoms with Gasteiger partial charge in [0.25, 0.3) is 0 Å². The average molecular weight is 640 g/mol. The van der Waals surface area contributed by atoms with Crippen LogP contribution in [-0.4, -0.2) is 67.3 Å². The minimum absolute atomic E-state index is 0.0275. The first-order chi connectivity index (χ1) is 23.0. The van der Waals surface area contributed by atoms with E-state index in [2.05, 4.69) is 29.2 Å². The molecule has 0 atom stereocenters. The number of pyridine rings is 1. The molecule has 5 heterocycles. The number of fused-ring (bicyclic) bond motifs is 2. The Balaban J connectivity index is 1.25. The van der Waals surface area contributed by atoms with E-state index in [0.29, 0.717) is 26.3 Å². The zero-order valence-corrected chi connectivity index (χ0v) is 26.1. The van der Waals surface area contributed by atoms with Crippen molar-refractivity contribution in [1.82, 2.24) is 24.0 Å². The van der Waals surface area contributed by atoms with E-state index in [1.807, 2.05) is 80.9 Å². The molecule has 0 spiro atoms. The molecular weight excluding hydrogens is 611 g/mol. The number of carbonyl (C=O) groups is 2. The number of morpholine rings is 1. The van der Waals surface area contributed by atoms with Gasteiger partial charge in [-0.3, -0.25) is 4.79 Å². The molecule has 1 aliphatic rings. The molecule has 4 aromatic heterocycles. The molecule has 0 bridgehead atoms. The Bertz CT molecular complexity index is 2250. The van der Waals surface area contributed by atoms with E-state index < -0.39 is 5.97 Å². The third kappa shape index (κ3) is 5.37. The highest BCUT2D eigenvalue weighted by Gasteiger charge is 2.27. The highest BCUT2D eigenvalue weighted by atomic mass is 32.1. The Labute approximate surface area is 273 Å². The summed E-state index contributed by atoms with van der Waals surface area (Å²) in [5.41, 5.74) is 8.15. The van der Waals surface area contributed by atoms with Crippen LogP contribution in [0.2, 0.25) is 0 Å². The predicted octanol–water partition coefficient (Wildman–Crippen LogP) is 6.99. The van der Waals surface area contributed by atoms with Crippen molar-refractivity contribution in [2.24, 2.45) is 0 Å². The number of ether oxygens (including phenoxy) is 1. The van der Waals surface area contributed by atoms with Crippen LogP contribution in [0.25, 0.3) is 60.4 Å². The summed E-state index contributed by atoms with van der Waals surface area (Å²) in [5.74, 6) is -1.01. The molecule has 3 aromatic carbocycles. The van der Waals surface area contributed by atoms with Gasteiger partial charge in [0, 0.05) is 47.7 Å². The average Bonchev–Trinajstić information content (AvgIpc) is 3.87. The van der Waals surface area contributed by atoms with Gasteiger partial charge < -0.3 is 23.9 Å². The number of aromatic carboxylic acids is 1. The lowest BCUT2D eigenvalue weighted by Gasteiger charge is -2.27. The monoisotopic (exact) mass is 639 g/mol. The summed E-state index contributed by atoms with van der Waals surface area (Å²) < 4.78 is 10.3. The number of aromatic nitrogens is 4. The second-order valence-electron chi connectivity index (χ2n) is 11.4. The van der Waals surface area contributed by atoms with Crippen molar-refractivity contribution in [2.75, 3.05) is 26.3 Å². The minimum atomic E-state index is -0.984. The van der Waals surface area contributed by atoms with E-state index in [0.717, 1.165) is 60.4 Å². The molecule has 7 aromatic rings. The molecule has 1 amide bonds. The third-order valence-electron chi connectivity index (χ3n) is 8.60. The van der Waals surface area contributed by atoms with Crippen molar-refractivity contribution < 1.29 is 19.4 Å². The fourth-order valence-corrected chi connectivity index (χ4v) is 7.33. The van der Waals surface area contributed by atoms with E-state index in [9.17, 15) is 14.7 Å². The maximum Gasteiger partial charge on any atom is 0.345 e. The van der Waals surface area contributed by atoms with E-state index in [1.54, 1.807) is 18.6 Å². The van der Waals surface area contributed by atoms with E-state index in [1.165, 1.54) is 11.3 Å². The van der Waals surface area contributed by atoms with Crippen LogP contribution in [0.4, 0.5) is 0 Å². The Kier molecular flexibility index (Phi) is 7.35. The van der Waals surface area contributed by atoms with Crippen LogP contribution in [0.15, 0.2) is 110 Å². The first-order valence-corrected chi connectivity index (χ1v) is 16.2. The number of carboxylic acids is 1. The van der Waals surface area contributed by atoms with Gasteiger partial charge in [-0.2, -0.15) is 0 Å². The Hall–Kier alpha value is -5.58. The number of imidazole rings is 1. The van der Waals surface area contributed by atoms with Crippen LogP contribution in [0.3, 0.4) is 0 Å². The topological polar surface area (TPSA) is 102 Å². The van der Waals surface area contributed by atoms with Gasteiger partial charge in [0.15, 0.2) is 0 Å². The van der Waals surface area contributed by atoms with Gasteiger partial charge in [-0.1, -0.05) is 54.6 Å². The molecule has 1 aliphatic heterocycles. The number of benzene rings is 3. The molecule has 232 valence electrons. The van der Waals surface area contributed by atoms with Crippen molar-refractivity contribution in [2.45, 2.75) is 6.54 Å².